The Hall–Kier alpha value is -3.93. The van der Waals surface area contributed by atoms with Gasteiger partial charge >= 0.3 is 0 Å². The first-order valence-corrected chi connectivity index (χ1v) is 9.86. The first-order valence-electron chi connectivity index (χ1n) is 9.86. The van der Waals surface area contributed by atoms with Gasteiger partial charge in [0.1, 0.15) is 17.3 Å². The number of aliphatic hydroxyl groups excluding tert-OH is 1. The Labute approximate surface area is 179 Å². The molecule has 5 nitrogen and oxygen atoms in total. The molecule has 4 rings (SSSR count). The minimum atomic E-state index is -1.11. The van der Waals surface area contributed by atoms with E-state index in [1.54, 1.807) is 60.7 Å². The third-order valence-electron chi connectivity index (χ3n) is 5.12. The van der Waals surface area contributed by atoms with Gasteiger partial charge in [-0.2, -0.15) is 0 Å². The first kappa shape index (κ1) is 20.3. The number of halogens is 1. The number of ether oxygens (including phenoxy) is 1. The topological polar surface area (TPSA) is 66.8 Å². The Bertz CT molecular complexity index is 1160. The van der Waals surface area contributed by atoms with Crippen LogP contribution in [0.3, 0.4) is 0 Å². The maximum Gasteiger partial charge on any atom is 0.300 e. The van der Waals surface area contributed by atoms with Crippen LogP contribution in [-0.4, -0.2) is 23.4 Å². The molecule has 0 saturated carbocycles. The van der Waals surface area contributed by atoms with Crippen molar-refractivity contribution in [2.45, 2.75) is 13.0 Å². The zero-order chi connectivity index (χ0) is 22.0. The summed E-state index contributed by atoms with van der Waals surface area (Å²) in [6, 6.07) is 19.8. The Balaban J connectivity index is 1.91. The SMILES string of the molecule is CCOc1ccc(N2C(=O)C(=O)/C(=C(/O)c3ccccc3)C2c2ccccc2F)cc1. The molecule has 1 N–H and O–H groups in total. The van der Waals surface area contributed by atoms with E-state index in [1.807, 2.05) is 6.92 Å². The van der Waals surface area contributed by atoms with Gasteiger partial charge < -0.3 is 9.84 Å². The number of hydrogen-bond acceptors (Lipinski definition) is 4. The van der Waals surface area contributed by atoms with E-state index in [4.69, 9.17) is 4.74 Å². The van der Waals surface area contributed by atoms with Gasteiger partial charge in [0.05, 0.1) is 18.2 Å². The third-order valence-corrected chi connectivity index (χ3v) is 5.12. The summed E-state index contributed by atoms with van der Waals surface area (Å²) in [7, 11) is 0. The minimum absolute atomic E-state index is 0.119. The van der Waals surface area contributed by atoms with E-state index < -0.39 is 23.5 Å². The van der Waals surface area contributed by atoms with E-state index in [9.17, 15) is 19.1 Å². The number of carbonyl (C=O) groups is 2. The highest BCUT2D eigenvalue weighted by Gasteiger charge is 2.47. The van der Waals surface area contributed by atoms with Crippen molar-refractivity contribution in [3.63, 3.8) is 0 Å². The van der Waals surface area contributed by atoms with Crippen LogP contribution in [0.2, 0.25) is 0 Å². The summed E-state index contributed by atoms with van der Waals surface area (Å²) in [6.07, 6.45) is 0. The number of ketones is 1. The number of Topliss-reactive ketones (excluding diaryl/α,β-unsaturated/α-hetero) is 1. The van der Waals surface area contributed by atoms with Crippen LogP contribution in [0.25, 0.3) is 5.76 Å². The summed E-state index contributed by atoms with van der Waals surface area (Å²) >= 11 is 0. The second-order valence-corrected chi connectivity index (χ2v) is 6.98. The van der Waals surface area contributed by atoms with Crippen LogP contribution in [0.4, 0.5) is 10.1 Å². The Morgan fingerprint density at radius 3 is 2.26 bits per heavy atom. The molecule has 0 aromatic heterocycles. The highest BCUT2D eigenvalue weighted by molar-refractivity contribution is 6.51. The number of carbonyl (C=O) groups excluding carboxylic acids is 2. The van der Waals surface area contributed by atoms with Gasteiger partial charge in [-0.25, -0.2) is 4.39 Å². The molecular weight excluding hydrogens is 397 g/mol. The highest BCUT2D eigenvalue weighted by Crippen LogP contribution is 2.43. The van der Waals surface area contributed by atoms with Gasteiger partial charge in [0, 0.05) is 16.8 Å². The maximum atomic E-state index is 14.8. The van der Waals surface area contributed by atoms with Crippen molar-refractivity contribution in [2.24, 2.45) is 0 Å². The van der Waals surface area contributed by atoms with E-state index in [0.717, 1.165) is 0 Å². The van der Waals surface area contributed by atoms with Crippen LogP contribution in [0.5, 0.6) is 5.75 Å². The van der Waals surface area contributed by atoms with E-state index in [2.05, 4.69) is 0 Å². The van der Waals surface area contributed by atoms with Crippen molar-refractivity contribution in [2.75, 3.05) is 11.5 Å². The molecule has 1 aliphatic heterocycles. The summed E-state index contributed by atoms with van der Waals surface area (Å²) in [6.45, 7) is 2.34. The number of rotatable bonds is 5. The summed E-state index contributed by atoms with van der Waals surface area (Å²) < 4.78 is 20.3. The monoisotopic (exact) mass is 417 g/mol. The van der Waals surface area contributed by atoms with Crippen LogP contribution in [-0.2, 0) is 9.59 Å². The van der Waals surface area contributed by atoms with Crippen LogP contribution < -0.4 is 9.64 Å². The number of aliphatic hydroxyl groups is 1. The second-order valence-electron chi connectivity index (χ2n) is 6.98. The molecule has 0 aliphatic carbocycles. The normalized spacial score (nSPS) is 17.7. The molecule has 0 bridgehead atoms. The van der Waals surface area contributed by atoms with Gasteiger partial charge in [-0.1, -0.05) is 48.5 Å². The predicted molar refractivity (Wildman–Crippen MR) is 115 cm³/mol. The van der Waals surface area contributed by atoms with Crippen LogP contribution in [0, 0.1) is 5.82 Å². The van der Waals surface area contributed by atoms with Gasteiger partial charge in [0.2, 0.25) is 0 Å². The van der Waals surface area contributed by atoms with Crippen molar-refractivity contribution < 1.29 is 23.8 Å². The van der Waals surface area contributed by atoms with Gasteiger partial charge in [-0.15, -0.1) is 0 Å². The lowest BCUT2D eigenvalue weighted by molar-refractivity contribution is -0.132. The van der Waals surface area contributed by atoms with E-state index in [-0.39, 0.29) is 16.9 Å². The average Bonchev–Trinajstić information content (AvgIpc) is 3.05. The van der Waals surface area contributed by atoms with Crippen molar-refractivity contribution >= 4 is 23.1 Å². The number of benzene rings is 3. The fourth-order valence-electron chi connectivity index (χ4n) is 3.71. The maximum absolute atomic E-state index is 14.8. The molecular formula is C25H20FNO4. The Kier molecular flexibility index (Phi) is 5.54. The van der Waals surface area contributed by atoms with Crippen molar-refractivity contribution in [3.05, 3.63) is 101 Å². The van der Waals surface area contributed by atoms with Crippen LogP contribution >= 0.6 is 0 Å². The van der Waals surface area contributed by atoms with Crippen molar-refractivity contribution in [1.82, 2.24) is 0 Å². The molecule has 156 valence electrons. The largest absolute Gasteiger partial charge is 0.507 e. The molecule has 1 aliphatic rings. The van der Waals surface area contributed by atoms with E-state index in [0.29, 0.717) is 23.6 Å². The molecule has 1 heterocycles. The lowest BCUT2D eigenvalue weighted by Gasteiger charge is -2.26. The average molecular weight is 417 g/mol. The predicted octanol–water partition coefficient (Wildman–Crippen LogP) is 4.85. The highest BCUT2D eigenvalue weighted by atomic mass is 19.1. The summed E-state index contributed by atoms with van der Waals surface area (Å²) in [5.41, 5.74) is 0.725. The number of amides is 1. The molecule has 1 amide bonds. The molecule has 1 unspecified atom stereocenters. The second kappa shape index (κ2) is 8.44. The quantitative estimate of drug-likeness (QED) is 0.366. The lowest BCUT2D eigenvalue weighted by Crippen LogP contribution is -2.29. The zero-order valence-electron chi connectivity index (χ0n) is 16.8. The fraction of sp³-hybridized carbons (Fsp3) is 0.120. The van der Waals surface area contributed by atoms with Crippen molar-refractivity contribution in [3.8, 4) is 5.75 Å². The fourth-order valence-corrected chi connectivity index (χ4v) is 3.71. The standard InChI is InChI=1S/C25H20FNO4/c1-2-31-18-14-12-17(13-15-18)27-22(19-10-6-7-11-20(19)26)21(24(29)25(27)30)23(28)16-8-4-3-5-9-16/h3-15,22,28H,2H2,1H3/b23-21+. The molecule has 1 saturated heterocycles. The van der Waals surface area contributed by atoms with Gasteiger partial charge in [-0.05, 0) is 37.3 Å². The Morgan fingerprint density at radius 2 is 1.61 bits per heavy atom. The molecule has 0 radical (unpaired) electrons. The molecule has 3 aromatic rings. The number of nitrogens with zero attached hydrogens (tertiary/aromatic N) is 1. The minimum Gasteiger partial charge on any atom is -0.507 e. The first-order chi connectivity index (χ1) is 15.0. The summed E-state index contributed by atoms with van der Waals surface area (Å²) in [5.74, 6) is -2.03. The van der Waals surface area contributed by atoms with Crippen LogP contribution in [0.1, 0.15) is 24.1 Å². The summed E-state index contributed by atoms with van der Waals surface area (Å²) in [4.78, 5) is 27.3. The summed E-state index contributed by atoms with van der Waals surface area (Å²) in [5, 5.41) is 10.9. The van der Waals surface area contributed by atoms with Crippen molar-refractivity contribution in [1.29, 1.82) is 0 Å². The number of hydrogen-bond donors (Lipinski definition) is 1. The molecule has 1 fully saturated rings. The Morgan fingerprint density at radius 1 is 0.968 bits per heavy atom. The molecule has 0 spiro atoms. The van der Waals surface area contributed by atoms with Crippen LogP contribution in [0.15, 0.2) is 84.4 Å². The van der Waals surface area contributed by atoms with Gasteiger partial charge in [-0.3, -0.25) is 14.5 Å². The van der Waals surface area contributed by atoms with E-state index >= 15 is 0 Å². The smallest absolute Gasteiger partial charge is 0.300 e. The number of anilines is 1. The van der Waals surface area contributed by atoms with Gasteiger partial charge in [0.15, 0.2) is 0 Å². The lowest BCUT2D eigenvalue weighted by atomic mass is 9.94. The van der Waals surface area contributed by atoms with E-state index in [1.165, 1.54) is 23.1 Å². The zero-order valence-corrected chi connectivity index (χ0v) is 16.8. The van der Waals surface area contributed by atoms with Gasteiger partial charge in [0.25, 0.3) is 11.7 Å². The third kappa shape index (κ3) is 3.68. The molecule has 6 heteroatoms. The molecule has 1 atom stereocenters. The molecule has 31 heavy (non-hydrogen) atoms. The molecule has 3 aromatic carbocycles.